The second-order valence-corrected chi connectivity index (χ2v) is 8.05. The molecule has 3 rings (SSSR count). The van der Waals surface area contributed by atoms with E-state index in [4.69, 9.17) is 0 Å². The van der Waals surface area contributed by atoms with Crippen LogP contribution in [0.2, 0.25) is 0 Å². The van der Waals surface area contributed by atoms with Crippen LogP contribution in [0, 0.1) is 0 Å². The summed E-state index contributed by atoms with van der Waals surface area (Å²) in [5.74, 6) is 0. The molecule has 0 radical (unpaired) electrons. The normalized spacial score (nSPS) is 28.7. The van der Waals surface area contributed by atoms with E-state index in [2.05, 4.69) is 67.2 Å². The number of benzene rings is 1. The van der Waals surface area contributed by atoms with Gasteiger partial charge in [-0.15, -0.1) is 0 Å². The van der Waals surface area contributed by atoms with E-state index in [0.29, 0.717) is 18.1 Å². The quantitative estimate of drug-likeness (QED) is 0.735. The molecule has 2 bridgehead atoms. The lowest BCUT2D eigenvalue weighted by Crippen LogP contribution is -2.56. The fraction of sp³-hybridized carbons (Fsp3) is 0.647. The lowest BCUT2D eigenvalue weighted by molar-refractivity contribution is 0.245. The summed E-state index contributed by atoms with van der Waals surface area (Å²) in [4.78, 5) is 2.70. The summed E-state index contributed by atoms with van der Waals surface area (Å²) in [6.07, 6.45) is 7.83. The minimum absolute atomic E-state index is 0.682. The molecule has 0 aromatic heterocycles. The fourth-order valence-electron chi connectivity index (χ4n) is 4.00. The first-order valence-corrected chi connectivity index (χ1v) is 9.75. The van der Waals surface area contributed by atoms with Gasteiger partial charge in [0.05, 0.1) is 5.69 Å². The number of nitrogens with one attached hydrogen (secondary N) is 1. The molecule has 116 valence electrons. The summed E-state index contributed by atoms with van der Waals surface area (Å²) in [6, 6.07) is 8.50. The molecule has 0 spiro atoms. The topological polar surface area (TPSA) is 15.3 Å². The first-order chi connectivity index (χ1) is 10.2. The second-order valence-electron chi connectivity index (χ2n) is 6.34. The molecule has 0 aliphatic carbocycles. The molecular weight excluding hydrogens is 392 g/mol. The highest BCUT2D eigenvalue weighted by Crippen LogP contribution is 2.43. The van der Waals surface area contributed by atoms with Gasteiger partial charge in [0.25, 0.3) is 0 Å². The van der Waals surface area contributed by atoms with Crippen LogP contribution in [-0.2, 0) is 0 Å². The number of fused-ring (bicyclic) bond motifs is 2. The van der Waals surface area contributed by atoms with Gasteiger partial charge in [0, 0.05) is 27.1 Å². The zero-order valence-electron chi connectivity index (χ0n) is 12.6. The molecule has 21 heavy (non-hydrogen) atoms. The zero-order valence-corrected chi connectivity index (χ0v) is 15.8. The van der Waals surface area contributed by atoms with E-state index in [9.17, 15) is 0 Å². The van der Waals surface area contributed by atoms with Crippen LogP contribution in [-0.4, -0.2) is 24.7 Å². The third-order valence-corrected chi connectivity index (χ3v) is 6.13. The van der Waals surface area contributed by atoms with Crippen molar-refractivity contribution in [1.29, 1.82) is 0 Å². The van der Waals surface area contributed by atoms with Crippen molar-refractivity contribution in [3.8, 4) is 0 Å². The van der Waals surface area contributed by atoms with Crippen molar-refractivity contribution in [1.82, 2.24) is 5.32 Å². The van der Waals surface area contributed by atoms with E-state index < -0.39 is 0 Å². The molecule has 4 heteroatoms. The van der Waals surface area contributed by atoms with Gasteiger partial charge in [-0.3, -0.25) is 0 Å². The van der Waals surface area contributed by atoms with Crippen LogP contribution in [0.5, 0.6) is 0 Å². The highest BCUT2D eigenvalue weighted by atomic mass is 79.9. The smallest absolute Gasteiger partial charge is 0.0660 e. The maximum atomic E-state index is 3.76. The lowest BCUT2D eigenvalue weighted by atomic mass is 9.81. The highest BCUT2D eigenvalue weighted by Gasteiger charge is 2.39. The molecule has 0 amide bonds. The molecular formula is C17H24Br2N2. The number of hydrogen-bond donors (Lipinski definition) is 1. The Morgan fingerprint density at radius 2 is 1.76 bits per heavy atom. The highest BCUT2D eigenvalue weighted by molar-refractivity contribution is 9.11. The van der Waals surface area contributed by atoms with Crippen molar-refractivity contribution in [3.05, 3.63) is 27.1 Å². The van der Waals surface area contributed by atoms with E-state index in [1.54, 1.807) is 0 Å². The van der Waals surface area contributed by atoms with E-state index in [1.807, 2.05) is 0 Å². The minimum Gasteiger partial charge on any atom is -0.364 e. The number of nitrogens with zero attached hydrogens (tertiary/aromatic N) is 1. The summed E-state index contributed by atoms with van der Waals surface area (Å²) in [5.41, 5.74) is 1.36. The molecule has 1 aromatic rings. The van der Waals surface area contributed by atoms with E-state index in [0.717, 1.165) is 6.54 Å². The van der Waals surface area contributed by atoms with Gasteiger partial charge in [-0.1, -0.05) is 13.0 Å². The third-order valence-electron chi connectivity index (χ3n) is 4.85. The van der Waals surface area contributed by atoms with E-state index in [-0.39, 0.29) is 0 Å². The zero-order chi connectivity index (χ0) is 14.8. The van der Waals surface area contributed by atoms with Gasteiger partial charge in [-0.05, 0) is 89.1 Å². The molecule has 2 aliphatic rings. The Morgan fingerprint density at radius 3 is 2.33 bits per heavy atom. The predicted octanol–water partition coefficient (Wildman–Crippen LogP) is 5.10. The van der Waals surface area contributed by atoms with Crippen molar-refractivity contribution in [2.75, 3.05) is 11.4 Å². The van der Waals surface area contributed by atoms with Gasteiger partial charge >= 0.3 is 0 Å². The number of piperidine rings is 2. The summed E-state index contributed by atoms with van der Waals surface area (Å²) >= 11 is 7.52. The molecule has 1 N–H and O–H groups in total. The molecule has 1 aromatic carbocycles. The van der Waals surface area contributed by atoms with Crippen LogP contribution in [0.4, 0.5) is 5.69 Å². The van der Waals surface area contributed by atoms with Crippen molar-refractivity contribution in [3.63, 3.8) is 0 Å². The molecule has 2 nitrogen and oxygen atoms in total. The molecule has 2 saturated heterocycles. The van der Waals surface area contributed by atoms with Gasteiger partial charge in [0.15, 0.2) is 0 Å². The van der Waals surface area contributed by atoms with Gasteiger partial charge in [0.2, 0.25) is 0 Å². The molecule has 2 atom stereocenters. The Hall–Kier alpha value is -0.0600. The third kappa shape index (κ3) is 3.32. The van der Waals surface area contributed by atoms with E-state index in [1.165, 1.54) is 53.2 Å². The standard InChI is InChI=1S/C17H24Br2N2/c1-2-9-20-12-10-13-5-3-6-14(11-12)21(13)17-15(18)7-4-8-16(17)19/h4,7-8,12-14,20H,2-3,5-6,9-11H2,1H3. The van der Waals surface area contributed by atoms with Crippen LogP contribution >= 0.6 is 31.9 Å². The summed E-state index contributed by atoms with van der Waals surface area (Å²) in [6.45, 7) is 3.41. The van der Waals surface area contributed by atoms with Crippen LogP contribution < -0.4 is 10.2 Å². The summed E-state index contributed by atoms with van der Waals surface area (Å²) in [7, 11) is 0. The number of anilines is 1. The van der Waals surface area contributed by atoms with Crippen molar-refractivity contribution in [2.45, 2.75) is 63.6 Å². The Bertz CT molecular complexity index is 457. The average Bonchev–Trinajstić information content (AvgIpc) is 2.45. The monoisotopic (exact) mass is 414 g/mol. The molecule has 2 aliphatic heterocycles. The Kier molecular flexibility index (Phi) is 5.28. The van der Waals surface area contributed by atoms with Crippen LogP contribution in [0.25, 0.3) is 0 Å². The summed E-state index contributed by atoms with van der Waals surface area (Å²) in [5, 5.41) is 3.75. The number of hydrogen-bond acceptors (Lipinski definition) is 2. The van der Waals surface area contributed by atoms with Crippen LogP contribution in [0.1, 0.15) is 45.4 Å². The maximum Gasteiger partial charge on any atom is 0.0660 e. The van der Waals surface area contributed by atoms with Crippen molar-refractivity contribution >= 4 is 37.5 Å². The van der Waals surface area contributed by atoms with E-state index >= 15 is 0 Å². The summed E-state index contributed by atoms with van der Waals surface area (Å²) < 4.78 is 2.43. The number of para-hydroxylation sites is 1. The first kappa shape index (κ1) is 15.8. The first-order valence-electron chi connectivity index (χ1n) is 8.16. The van der Waals surface area contributed by atoms with Gasteiger partial charge < -0.3 is 10.2 Å². The van der Waals surface area contributed by atoms with Crippen molar-refractivity contribution < 1.29 is 0 Å². The molecule has 2 unspecified atom stereocenters. The molecule has 0 saturated carbocycles. The van der Waals surface area contributed by atoms with Gasteiger partial charge in [-0.2, -0.15) is 0 Å². The number of halogens is 2. The maximum absolute atomic E-state index is 3.76. The predicted molar refractivity (Wildman–Crippen MR) is 97.1 cm³/mol. The Morgan fingerprint density at radius 1 is 1.14 bits per heavy atom. The Labute approximate surface area is 144 Å². The number of rotatable bonds is 4. The largest absolute Gasteiger partial charge is 0.364 e. The van der Waals surface area contributed by atoms with Crippen LogP contribution in [0.15, 0.2) is 27.1 Å². The Balaban J connectivity index is 1.84. The molecule has 2 heterocycles. The van der Waals surface area contributed by atoms with Crippen molar-refractivity contribution in [2.24, 2.45) is 0 Å². The lowest BCUT2D eigenvalue weighted by Gasteiger charge is -2.51. The average molecular weight is 416 g/mol. The molecule has 2 fully saturated rings. The fourth-order valence-corrected chi connectivity index (χ4v) is 5.41. The minimum atomic E-state index is 0.682. The van der Waals surface area contributed by atoms with Crippen LogP contribution in [0.3, 0.4) is 0 Å². The SMILES string of the molecule is CCCNC1CC2CCCC(C1)N2c1c(Br)cccc1Br. The second kappa shape index (κ2) is 7.01. The van der Waals surface area contributed by atoms with Gasteiger partial charge in [0.1, 0.15) is 0 Å². The van der Waals surface area contributed by atoms with Gasteiger partial charge in [-0.25, -0.2) is 0 Å².